The van der Waals surface area contributed by atoms with E-state index < -0.39 is 23.5 Å². The summed E-state index contributed by atoms with van der Waals surface area (Å²) in [6, 6.07) is 7.85. The van der Waals surface area contributed by atoms with Crippen LogP contribution in [0.3, 0.4) is 0 Å². The average molecular weight is 410 g/mol. The number of hydrogen-bond donors (Lipinski definition) is 0. The molecule has 1 aromatic carbocycles. The monoisotopic (exact) mass is 410 g/mol. The van der Waals surface area contributed by atoms with Crippen molar-refractivity contribution in [3.63, 3.8) is 0 Å². The first-order valence-electron chi connectivity index (χ1n) is 7.93. The van der Waals surface area contributed by atoms with Gasteiger partial charge in [0.1, 0.15) is 18.2 Å². The minimum Gasteiger partial charge on any atom is -0.473 e. The molecule has 150 valence electrons. The SMILES string of the molecule is Cn1nc(C(F)(F)F)cc1Oc1cc(C#N)cc(OCc2ccc(F)cc2F)n1. The van der Waals surface area contributed by atoms with Crippen molar-refractivity contribution in [2.45, 2.75) is 12.8 Å². The number of pyridine rings is 1. The topological polar surface area (TPSA) is 73.0 Å². The Kier molecular flexibility index (Phi) is 5.36. The van der Waals surface area contributed by atoms with E-state index in [-0.39, 0.29) is 35.4 Å². The molecule has 0 spiro atoms. The Labute approximate surface area is 160 Å². The highest BCUT2D eigenvalue weighted by Crippen LogP contribution is 2.32. The van der Waals surface area contributed by atoms with Gasteiger partial charge in [-0.25, -0.2) is 13.5 Å². The maximum Gasteiger partial charge on any atom is 0.435 e. The zero-order valence-electron chi connectivity index (χ0n) is 14.7. The van der Waals surface area contributed by atoms with Crippen LogP contribution in [0.25, 0.3) is 0 Å². The molecule has 11 heteroatoms. The second-order valence-corrected chi connectivity index (χ2v) is 5.76. The molecule has 29 heavy (non-hydrogen) atoms. The lowest BCUT2D eigenvalue weighted by atomic mass is 10.2. The van der Waals surface area contributed by atoms with E-state index in [0.717, 1.165) is 10.7 Å². The number of aromatic nitrogens is 3. The molecule has 2 aromatic heterocycles. The summed E-state index contributed by atoms with van der Waals surface area (Å²) in [5.41, 5.74) is -1.07. The van der Waals surface area contributed by atoms with Crippen LogP contribution in [-0.2, 0) is 19.8 Å². The molecule has 0 N–H and O–H groups in total. The molecule has 0 aliphatic carbocycles. The van der Waals surface area contributed by atoms with Gasteiger partial charge in [-0.3, -0.25) is 0 Å². The Hall–Kier alpha value is -3.68. The maximum absolute atomic E-state index is 13.7. The zero-order chi connectivity index (χ0) is 21.2. The molecular weight excluding hydrogens is 399 g/mol. The number of nitriles is 1. The van der Waals surface area contributed by atoms with Crippen LogP contribution in [0.2, 0.25) is 0 Å². The van der Waals surface area contributed by atoms with E-state index in [4.69, 9.17) is 14.7 Å². The Morgan fingerprint density at radius 3 is 2.45 bits per heavy atom. The summed E-state index contributed by atoms with van der Waals surface area (Å²) in [6.45, 7) is -0.322. The predicted octanol–water partition coefficient (Wildman–Crippen LogP) is 4.36. The molecule has 0 radical (unpaired) electrons. The number of halogens is 5. The van der Waals surface area contributed by atoms with Crippen LogP contribution in [0.15, 0.2) is 36.4 Å². The summed E-state index contributed by atoms with van der Waals surface area (Å²) in [6.07, 6.45) is -4.66. The molecule has 0 atom stereocenters. The average Bonchev–Trinajstić information content (AvgIpc) is 3.01. The maximum atomic E-state index is 13.7. The highest BCUT2D eigenvalue weighted by atomic mass is 19.4. The molecular formula is C18H11F5N4O2. The fourth-order valence-electron chi connectivity index (χ4n) is 2.25. The van der Waals surface area contributed by atoms with Gasteiger partial charge in [0.05, 0.1) is 11.6 Å². The molecule has 0 fully saturated rings. The number of hydrogen-bond acceptors (Lipinski definition) is 5. The predicted molar refractivity (Wildman–Crippen MR) is 87.9 cm³/mol. The van der Waals surface area contributed by atoms with Crippen LogP contribution in [0.4, 0.5) is 22.0 Å². The lowest BCUT2D eigenvalue weighted by Crippen LogP contribution is -2.06. The molecule has 0 bridgehead atoms. The Morgan fingerprint density at radius 2 is 1.83 bits per heavy atom. The first-order valence-corrected chi connectivity index (χ1v) is 7.93. The van der Waals surface area contributed by atoms with Crippen LogP contribution in [0, 0.1) is 23.0 Å². The molecule has 6 nitrogen and oxygen atoms in total. The summed E-state index contributed by atoms with van der Waals surface area (Å²) in [4.78, 5) is 3.94. The van der Waals surface area contributed by atoms with Crippen molar-refractivity contribution >= 4 is 0 Å². The van der Waals surface area contributed by atoms with Crippen molar-refractivity contribution in [3.05, 3.63) is 64.9 Å². The number of rotatable bonds is 5. The lowest BCUT2D eigenvalue weighted by molar-refractivity contribution is -0.141. The fourth-order valence-corrected chi connectivity index (χ4v) is 2.25. The number of nitrogens with zero attached hydrogens (tertiary/aromatic N) is 4. The van der Waals surface area contributed by atoms with E-state index in [2.05, 4.69) is 10.1 Å². The van der Waals surface area contributed by atoms with Gasteiger partial charge < -0.3 is 9.47 Å². The van der Waals surface area contributed by atoms with E-state index in [0.29, 0.717) is 12.1 Å². The third-order valence-corrected chi connectivity index (χ3v) is 3.63. The normalized spacial score (nSPS) is 11.2. The summed E-state index contributed by atoms with van der Waals surface area (Å²) in [5, 5.41) is 12.4. The third kappa shape index (κ3) is 4.78. The smallest absolute Gasteiger partial charge is 0.435 e. The Bertz CT molecular complexity index is 1090. The van der Waals surface area contributed by atoms with Gasteiger partial charge in [0.25, 0.3) is 0 Å². The van der Waals surface area contributed by atoms with Gasteiger partial charge in [-0.2, -0.15) is 28.5 Å². The zero-order valence-corrected chi connectivity index (χ0v) is 14.7. The van der Waals surface area contributed by atoms with Crippen molar-refractivity contribution in [2.75, 3.05) is 0 Å². The minimum absolute atomic E-state index is 0.0412. The van der Waals surface area contributed by atoms with Gasteiger partial charge in [-0.05, 0) is 12.1 Å². The summed E-state index contributed by atoms with van der Waals surface area (Å²) in [5.74, 6) is -2.21. The molecule has 0 saturated carbocycles. The van der Waals surface area contributed by atoms with Gasteiger partial charge >= 0.3 is 6.18 Å². The number of benzene rings is 1. The van der Waals surface area contributed by atoms with Crippen LogP contribution < -0.4 is 9.47 Å². The molecule has 0 aliphatic heterocycles. The van der Waals surface area contributed by atoms with E-state index in [1.54, 1.807) is 0 Å². The first kappa shape index (κ1) is 20.1. The molecule has 2 heterocycles. The van der Waals surface area contributed by atoms with Crippen molar-refractivity contribution in [1.29, 1.82) is 5.26 Å². The van der Waals surface area contributed by atoms with E-state index in [9.17, 15) is 22.0 Å². The third-order valence-electron chi connectivity index (χ3n) is 3.63. The molecule has 3 aromatic rings. The number of ether oxygens (including phenoxy) is 2. The van der Waals surface area contributed by atoms with E-state index in [1.807, 2.05) is 6.07 Å². The van der Waals surface area contributed by atoms with Gasteiger partial charge in [0.2, 0.25) is 17.6 Å². The largest absolute Gasteiger partial charge is 0.473 e. The van der Waals surface area contributed by atoms with Gasteiger partial charge in [-0.1, -0.05) is 0 Å². The fraction of sp³-hybridized carbons (Fsp3) is 0.167. The van der Waals surface area contributed by atoms with Crippen molar-refractivity contribution in [2.24, 2.45) is 7.05 Å². The Balaban J connectivity index is 1.82. The van der Waals surface area contributed by atoms with Gasteiger partial charge in [0, 0.05) is 36.9 Å². The number of alkyl halides is 3. The quantitative estimate of drug-likeness (QED) is 0.585. The standard InChI is InChI=1S/C18H11F5N4O2/c1-27-17(7-14(26-27)18(21,22)23)29-16-5-10(8-24)4-15(25-16)28-9-11-2-3-12(19)6-13(11)20/h2-7H,9H2,1H3. The first-order chi connectivity index (χ1) is 13.7. The molecule has 0 unspecified atom stereocenters. The van der Waals surface area contributed by atoms with Crippen LogP contribution >= 0.6 is 0 Å². The second kappa shape index (κ2) is 7.75. The van der Waals surface area contributed by atoms with E-state index >= 15 is 0 Å². The van der Waals surface area contributed by atoms with Crippen LogP contribution in [-0.4, -0.2) is 14.8 Å². The molecule has 0 saturated heterocycles. The van der Waals surface area contributed by atoms with Crippen molar-refractivity contribution in [3.8, 4) is 23.7 Å². The minimum atomic E-state index is -4.66. The Morgan fingerprint density at radius 1 is 1.10 bits per heavy atom. The van der Waals surface area contributed by atoms with Crippen molar-refractivity contribution < 1.29 is 31.4 Å². The second-order valence-electron chi connectivity index (χ2n) is 5.76. The highest BCUT2D eigenvalue weighted by molar-refractivity contribution is 5.38. The lowest BCUT2D eigenvalue weighted by Gasteiger charge is -2.09. The van der Waals surface area contributed by atoms with Crippen LogP contribution in [0.5, 0.6) is 17.6 Å². The van der Waals surface area contributed by atoms with Gasteiger partial charge in [0.15, 0.2) is 5.69 Å². The van der Waals surface area contributed by atoms with E-state index in [1.165, 1.54) is 25.2 Å². The van der Waals surface area contributed by atoms with Crippen molar-refractivity contribution in [1.82, 2.24) is 14.8 Å². The molecule has 0 amide bonds. The summed E-state index contributed by atoms with van der Waals surface area (Å²) < 4.78 is 76.4. The molecule has 3 rings (SSSR count). The highest BCUT2D eigenvalue weighted by Gasteiger charge is 2.35. The number of aryl methyl sites for hydroxylation is 1. The summed E-state index contributed by atoms with van der Waals surface area (Å²) >= 11 is 0. The summed E-state index contributed by atoms with van der Waals surface area (Å²) in [7, 11) is 1.24. The van der Waals surface area contributed by atoms with Gasteiger partial charge in [-0.15, -0.1) is 0 Å². The molecule has 0 aliphatic rings. The van der Waals surface area contributed by atoms with Crippen LogP contribution in [0.1, 0.15) is 16.8 Å².